The lowest BCUT2D eigenvalue weighted by atomic mass is 9.78. The van der Waals surface area contributed by atoms with Crippen LogP contribution in [0.3, 0.4) is 0 Å². The normalized spacial score (nSPS) is 12.4. The first-order valence-corrected chi connectivity index (χ1v) is 17.2. The number of fused-ring (bicyclic) bond motifs is 4. The van der Waals surface area contributed by atoms with Gasteiger partial charge in [0.05, 0.1) is 16.9 Å². The molecule has 4 nitrogen and oxygen atoms in total. The van der Waals surface area contributed by atoms with Gasteiger partial charge in [-0.1, -0.05) is 108 Å². The molecule has 4 heteroatoms. The fourth-order valence-corrected chi connectivity index (χ4v) is 7.02. The molecule has 0 fully saturated rings. The van der Waals surface area contributed by atoms with Crippen LogP contribution in [0.15, 0.2) is 121 Å². The first-order valence-electron chi connectivity index (χ1n) is 17.2. The molecule has 0 unspecified atom stereocenters. The van der Waals surface area contributed by atoms with Crippen molar-refractivity contribution in [2.75, 3.05) is 0 Å². The van der Waals surface area contributed by atoms with Crippen LogP contribution < -0.4 is 0 Å². The van der Waals surface area contributed by atoms with Crippen LogP contribution in [-0.2, 0) is 10.8 Å². The average molecular weight is 639 g/mol. The Balaban J connectivity index is 1.39. The Hall–Kier alpha value is -5.48. The lowest BCUT2D eigenvalue weighted by molar-refractivity contribution is 0.569. The zero-order chi connectivity index (χ0) is 34.1. The van der Waals surface area contributed by atoms with Gasteiger partial charge in [-0.05, 0) is 88.5 Å². The maximum atomic E-state index is 5.48. The highest BCUT2D eigenvalue weighted by Crippen LogP contribution is 2.39. The molecule has 0 atom stereocenters. The molecule has 0 saturated carbocycles. The minimum atomic E-state index is 0.0117. The Kier molecular flexibility index (Phi) is 7.11. The second kappa shape index (κ2) is 11.3. The number of nitrogens with zero attached hydrogens (tertiary/aromatic N) is 3. The molecular weight excluding hydrogens is 597 g/mol. The van der Waals surface area contributed by atoms with Crippen LogP contribution in [0.5, 0.6) is 0 Å². The largest absolute Gasteiger partial charge is 0.344 e. The summed E-state index contributed by atoms with van der Waals surface area (Å²) in [5.74, 6) is 1.04. The fraction of sp³-hybridized carbons (Fsp3) is 0.200. The number of hydrogen-bond donors (Lipinski definition) is 1. The Morgan fingerprint density at radius 2 is 1.12 bits per heavy atom. The summed E-state index contributed by atoms with van der Waals surface area (Å²) in [6.45, 7) is 15.9. The van der Waals surface area contributed by atoms with Crippen LogP contribution in [0.1, 0.15) is 58.4 Å². The van der Waals surface area contributed by atoms with Crippen molar-refractivity contribution in [2.45, 2.75) is 59.3 Å². The van der Waals surface area contributed by atoms with Crippen molar-refractivity contribution >= 4 is 32.7 Å². The maximum Gasteiger partial charge on any atom is 0.147 e. The van der Waals surface area contributed by atoms with Crippen molar-refractivity contribution in [3.8, 4) is 39.5 Å². The summed E-state index contributed by atoms with van der Waals surface area (Å²) in [4.78, 5) is 14.0. The van der Waals surface area contributed by atoms with E-state index in [-0.39, 0.29) is 10.8 Å². The lowest BCUT2D eigenvalue weighted by Crippen LogP contribution is -2.16. The van der Waals surface area contributed by atoms with E-state index in [9.17, 15) is 0 Å². The van der Waals surface area contributed by atoms with E-state index >= 15 is 0 Å². The molecule has 0 radical (unpaired) electrons. The topological polar surface area (TPSA) is 46.5 Å². The quantitative estimate of drug-likeness (QED) is 0.208. The molecule has 0 bridgehead atoms. The van der Waals surface area contributed by atoms with Crippen molar-refractivity contribution in [1.29, 1.82) is 0 Å². The van der Waals surface area contributed by atoms with Gasteiger partial charge in [0.1, 0.15) is 11.5 Å². The molecule has 242 valence electrons. The van der Waals surface area contributed by atoms with Crippen LogP contribution in [0.2, 0.25) is 0 Å². The van der Waals surface area contributed by atoms with E-state index in [1.54, 1.807) is 0 Å². The van der Waals surface area contributed by atoms with Gasteiger partial charge in [-0.3, -0.25) is 9.55 Å². The molecular formula is C45H42N4. The van der Waals surface area contributed by atoms with Crippen LogP contribution in [-0.4, -0.2) is 19.5 Å². The van der Waals surface area contributed by atoms with Gasteiger partial charge < -0.3 is 4.98 Å². The third-order valence-corrected chi connectivity index (χ3v) is 9.83. The zero-order valence-corrected chi connectivity index (χ0v) is 29.4. The number of pyridine rings is 2. The van der Waals surface area contributed by atoms with Crippen molar-refractivity contribution in [3.63, 3.8) is 0 Å². The van der Waals surface area contributed by atoms with E-state index in [1.165, 1.54) is 32.8 Å². The lowest BCUT2D eigenvalue weighted by Gasteiger charge is -2.26. The smallest absolute Gasteiger partial charge is 0.147 e. The van der Waals surface area contributed by atoms with Gasteiger partial charge in [-0.2, -0.15) is 0 Å². The highest BCUT2D eigenvalue weighted by Gasteiger charge is 2.22. The highest BCUT2D eigenvalue weighted by atomic mass is 15.1. The highest BCUT2D eigenvalue weighted by molar-refractivity contribution is 6.09. The van der Waals surface area contributed by atoms with Gasteiger partial charge in [-0.15, -0.1) is 0 Å². The second-order valence-electron chi connectivity index (χ2n) is 15.4. The van der Waals surface area contributed by atoms with Gasteiger partial charge in [0, 0.05) is 44.6 Å². The van der Waals surface area contributed by atoms with Crippen LogP contribution in [0.4, 0.5) is 0 Å². The molecule has 0 aliphatic carbocycles. The maximum absolute atomic E-state index is 5.48. The van der Waals surface area contributed by atoms with E-state index < -0.39 is 0 Å². The van der Waals surface area contributed by atoms with Crippen molar-refractivity contribution < 1.29 is 0 Å². The summed E-state index contributed by atoms with van der Waals surface area (Å²) in [6.07, 6.45) is 1.87. The van der Waals surface area contributed by atoms with Gasteiger partial charge >= 0.3 is 0 Å². The summed E-state index contributed by atoms with van der Waals surface area (Å²) in [5.41, 5.74) is 12.2. The number of hydrogen-bond acceptors (Lipinski definition) is 2. The molecule has 1 N–H and O–H groups in total. The molecule has 0 amide bonds. The zero-order valence-electron chi connectivity index (χ0n) is 29.4. The molecule has 0 aliphatic heterocycles. The first-order chi connectivity index (χ1) is 23.5. The van der Waals surface area contributed by atoms with E-state index in [0.717, 1.165) is 56.1 Å². The van der Waals surface area contributed by atoms with Gasteiger partial charge in [-0.25, -0.2) is 4.98 Å². The SMILES string of the molecule is Cc1[nH]c(-n2c3ccccc3c3ccc(-c4cc(-c5cc(C(C)(C)C)cc(C(C)(C)C)c5)cc(-c5ccccn5)c4)nc32)c2ccccc12. The van der Waals surface area contributed by atoms with E-state index in [1.807, 2.05) is 12.3 Å². The average Bonchev–Trinajstić information content (AvgIpc) is 3.61. The summed E-state index contributed by atoms with van der Waals surface area (Å²) in [5, 5.41) is 4.72. The molecule has 8 rings (SSSR count). The van der Waals surface area contributed by atoms with Gasteiger partial charge in [0.25, 0.3) is 0 Å². The molecule has 8 aromatic rings. The summed E-state index contributed by atoms with van der Waals surface area (Å²) in [7, 11) is 0. The number of nitrogens with one attached hydrogen (secondary N) is 1. The van der Waals surface area contributed by atoms with Crippen molar-refractivity contribution in [2.24, 2.45) is 0 Å². The van der Waals surface area contributed by atoms with E-state index in [4.69, 9.17) is 9.97 Å². The number of H-pyrrole nitrogens is 1. The Morgan fingerprint density at radius 1 is 0.531 bits per heavy atom. The monoisotopic (exact) mass is 638 g/mol. The number of aromatic nitrogens is 4. The van der Waals surface area contributed by atoms with Crippen LogP contribution in [0.25, 0.3) is 72.2 Å². The minimum absolute atomic E-state index is 0.0117. The summed E-state index contributed by atoms with van der Waals surface area (Å²) >= 11 is 0. The standard InChI is InChI=1S/C45H42N4/c1-28-35-14-8-9-16-37(35)42(47-28)49-41-18-11-10-15-36(41)38-19-20-40(48-43(38)49)32-23-29(22-31(24-32)39-17-12-13-21-46-39)30-25-33(44(2,3)4)27-34(26-30)45(5,6)7/h8-27,47H,1-7H3. The van der Waals surface area contributed by atoms with Crippen molar-refractivity contribution in [3.05, 3.63) is 138 Å². The van der Waals surface area contributed by atoms with Gasteiger partial charge in [0.2, 0.25) is 0 Å². The fourth-order valence-electron chi connectivity index (χ4n) is 7.02. The van der Waals surface area contributed by atoms with E-state index in [2.05, 4.69) is 167 Å². The molecule has 4 heterocycles. The first kappa shape index (κ1) is 30.8. The predicted octanol–water partition coefficient (Wildman–Crippen LogP) is 12.0. The molecule has 4 aromatic carbocycles. The third kappa shape index (κ3) is 5.42. The molecule has 4 aromatic heterocycles. The third-order valence-electron chi connectivity index (χ3n) is 9.83. The van der Waals surface area contributed by atoms with E-state index in [0.29, 0.717) is 0 Å². The van der Waals surface area contributed by atoms with Gasteiger partial charge in [0.15, 0.2) is 0 Å². The Labute approximate surface area is 288 Å². The van der Waals surface area contributed by atoms with Crippen molar-refractivity contribution in [1.82, 2.24) is 19.5 Å². The summed E-state index contributed by atoms with van der Waals surface area (Å²) < 4.78 is 2.30. The van der Waals surface area contributed by atoms with Crippen LogP contribution >= 0.6 is 0 Å². The molecule has 0 spiro atoms. The minimum Gasteiger partial charge on any atom is -0.344 e. The Morgan fingerprint density at radius 3 is 1.80 bits per heavy atom. The summed E-state index contributed by atoms with van der Waals surface area (Å²) in [6, 6.07) is 41.6. The second-order valence-corrected chi connectivity index (χ2v) is 15.4. The number of rotatable bonds is 4. The predicted molar refractivity (Wildman–Crippen MR) is 207 cm³/mol. The van der Waals surface area contributed by atoms with Crippen LogP contribution in [0, 0.1) is 6.92 Å². The molecule has 0 aliphatic rings. The number of aryl methyl sites for hydroxylation is 1. The molecule has 0 saturated heterocycles. The number of benzene rings is 4. The Bertz CT molecular complexity index is 2480. The number of para-hydroxylation sites is 1. The number of aromatic amines is 1. The molecule has 49 heavy (non-hydrogen) atoms.